The summed E-state index contributed by atoms with van der Waals surface area (Å²) in [4.78, 5) is 8.67. The highest BCUT2D eigenvalue weighted by atomic mass is 15.1. The topological polar surface area (TPSA) is 73.6 Å². The zero-order chi connectivity index (χ0) is 13.9. The zero-order valence-electron chi connectivity index (χ0n) is 11.9. The van der Waals surface area contributed by atoms with Crippen LogP contribution >= 0.6 is 0 Å². The average molecular weight is 261 g/mol. The van der Waals surface area contributed by atoms with Crippen LogP contribution in [-0.2, 0) is 0 Å². The SMILES string of the molecule is Cc1cc(C)nc(NCCCCCNCCC#N)n1. The van der Waals surface area contributed by atoms with Gasteiger partial charge in [-0.2, -0.15) is 5.26 Å². The van der Waals surface area contributed by atoms with Crippen LogP contribution in [0, 0.1) is 25.2 Å². The molecule has 0 spiro atoms. The maximum atomic E-state index is 8.38. The molecular formula is C14H23N5. The molecular weight excluding hydrogens is 238 g/mol. The van der Waals surface area contributed by atoms with Crippen molar-refractivity contribution in [1.82, 2.24) is 15.3 Å². The van der Waals surface area contributed by atoms with E-state index in [9.17, 15) is 0 Å². The van der Waals surface area contributed by atoms with Crippen molar-refractivity contribution in [2.75, 3.05) is 25.0 Å². The molecule has 5 heteroatoms. The second-order valence-corrected chi connectivity index (χ2v) is 4.62. The van der Waals surface area contributed by atoms with E-state index < -0.39 is 0 Å². The molecule has 0 atom stereocenters. The molecule has 0 aliphatic rings. The summed E-state index contributed by atoms with van der Waals surface area (Å²) in [5.41, 5.74) is 1.99. The standard InChI is InChI=1S/C14H23N5/c1-12-11-13(2)19-14(18-12)17-10-5-3-4-8-16-9-6-7-15/h11,16H,3-6,8-10H2,1-2H3,(H,17,18,19). The first-order chi connectivity index (χ1) is 9.22. The fourth-order valence-corrected chi connectivity index (χ4v) is 1.83. The van der Waals surface area contributed by atoms with Crippen LogP contribution in [0.2, 0.25) is 0 Å². The zero-order valence-corrected chi connectivity index (χ0v) is 11.9. The van der Waals surface area contributed by atoms with Gasteiger partial charge in [-0.05, 0) is 39.3 Å². The van der Waals surface area contributed by atoms with E-state index in [-0.39, 0.29) is 0 Å². The van der Waals surface area contributed by atoms with E-state index in [1.54, 1.807) is 0 Å². The van der Waals surface area contributed by atoms with E-state index in [1.165, 1.54) is 0 Å². The molecule has 0 bridgehead atoms. The van der Waals surface area contributed by atoms with Crippen LogP contribution in [0.4, 0.5) is 5.95 Å². The number of unbranched alkanes of at least 4 members (excludes halogenated alkanes) is 2. The molecule has 0 radical (unpaired) electrons. The van der Waals surface area contributed by atoms with Crippen molar-refractivity contribution >= 4 is 5.95 Å². The van der Waals surface area contributed by atoms with E-state index in [0.29, 0.717) is 6.42 Å². The van der Waals surface area contributed by atoms with Crippen molar-refractivity contribution in [3.8, 4) is 6.07 Å². The van der Waals surface area contributed by atoms with Crippen LogP contribution in [-0.4, -0.2) is 29.6 Å². The molecule has 1 aromatic rings. The Balaban J connectivity index is 2.03. The summed E-state index contributed by atoms with van der Waals surface area (Å²) >= 11 is 0. The summed E-state index contributed by atoms with van der Waals surface area (Å²) in [5.74, 6) is 0.727. The van der Waals surface area contributed by atoms with E-state index in [2.05, 4.69) is 26.7 Å². The molecule has 0 amide bonds. The molecule has 0 unspecified atom stereocenters. The number of hydrogen-bond donors (Lipinski definition) is 2. The largest absolute Gasteiger partial charge is 0.354 e. The summed E-state index contributed by atoms with van der Waals surface area (Å²) < 4.78 is 0. The maximum absolute atomic E-state index is 8.38. The lowest BCUT2D eigenvalue weighted by molar-refractivity contribution is 0.615. The predicted octanol–water partition coefficient (Wildman–Crippen LogP) is 2.18. The molecule has 19 heavy (non-hydrogen) atoms. The van der Waals surface area contributed by atoms with Crippen LogP contribution in [0.25, 0.3) is 0 Å². The van der Waals surface area contributed by atoms with Gasteiger partial charge in [-0.15, -0.1) is 0 Å². The van der Waals surface area contributed by atoms with Gasteiger partial charge in [-0.3, -0.25) is 0 Å². The minimum Gasteiger partial charge on any atom is -0.354 e. The number of hydrogen-bond acceptors (Lipinski definition) is 5. The molecule has 0 saturated heterocycles. The van der Waals surface area contributed by atoms with Gasteiger partial charge in [0, 0.05) is 30.9 Å². The van der Waals surface area contributed by atoms with Crippen molar-refractivity contribution in [2.24, 2.45) is 0 Å². The number of nitriles is 1. The minimum atomic E-state index is 0.589. The fraction of sp³-hybridized carbons (Fsp3) is 0.643. The Morgan fingerprint density at radius 1 is 1.05 bits per heavy atom. The molecule has 1 heterocycles. The molecule has 0 aliphatic carbocycles. The lowest BCUT2D eigenvalue weighted by Gasteiger charge is -2.06. The monoisotopic (exact) mass is 261 g/mol. The molecule has 0 saturated carbocycles. The predicted molar refractivity (Wildman–Crippen MR) is 76.9 cm³/mol. The van der Waals surface area contributed by atoms with Crippen LogP contribution in [0.1, 0.15) is 37.1 Å². The van der Waals surface area contributed by atoms with Crippen LogP contribution < -0.4 is 10.6 Å². The number of nitrogens with one attached hydrogen (secondary N) is 2. The van der Waals surface area contributed by atoms with Crippen molar-refractivity contribution in [2.45, 2.75) is 39.5 Å². The van der Waals surface area contributed by atoms with Gasteiger partial charge in [0.2, 0.25) is 5.95 Å². The second-order valence-electron chi connectivity index (χ2n) is 4.62. The third-order valence-corrected chi connectivity index (χ3v) is 2.71. The first kappa shape index (κ1) is 15.4. The average Bonchev–Trinajstić information content (AvgIpc) is 2.36. The highest BCUT2D eigenvalue weighted by Crippen LogP contribution is 2.04. The van der Waals surface area contributed by atoms with Crippen molar-refractivity contribution in [3.05, 3.63) is 17.5 Å². The van der Waals surface area contributed by atoms with Crippen LogP contribution in [0.15, 0.2) is 6.07 Å². The van der Waals surface area contributed by atoms with E-state index in [4.69, 9.17) is 5.26 Å². The number of aryl methyl sites for hydroxylation is 2. The summed E-state index contributed by atoms with van der Waals surface area (Å²) in [6, 6.07) is 4.09. The van der Waals surface area contributed by atoms with Gasteiger partial charge in [-0.1, -0.05) is 6.42 Å². The number of anilines is 1. The first-order valence-corrected chi connectivity index (χ1v) is 6.86. The maximum Gasteiger partial charge on any atom is 0.223 e. The lowest BCUT2D eigenvalue weighted by atomic mass is 10.2. The van der Waals surface area contributed by atoms with Gasteiger partial charge in [0.1, 0.15) is 0 Å². The molecule has 0 aromatic carbocycles. The Morgan fingerprint density at radius 3 is 2.42 bits per heavy atom. The number of rotatable bonds is 9. The Hall–Kier alpha value is -1.67. The van der Waals surface area contributed by atoms with Gasteiger partial charge < -0.3 is 10.6 Å². The Morgan fingerprint density at radius 2 is 1.74 bits per heavy atom. The smallest absolute Gasteiger partial charge is 0.223 e. The molecule has 5 nitrogen and oxygen atoms in total. The van der Waals surface area contributed by atoms with Gasteiger partial charge in [-0.25, -0.2) is 9.97 Å². The Kier molecular flexibility index (Phi) is 7.52. The highest BCUT2D eigenvalue weighted by Gasteiger charge is 1.98. The van der Waals surface area contributed by atoms with E-state index >= 15 is 0 Å². The highest BCUT2D eigenvalue weighted by molar-refractivity contribution is 5.27. The van der Waals surface area contributed by atoms with Gasteiger partial charge in [0.15, 0.2) is 0 Å². The van der Waals surface area contributed by atoms with Gasteiger partial charge in [0.25, 0.3) is 0 Å². The molecule has 0 fully saturated rings. The fourth-order valence-electron chi connectivity index (χ4n) is 1.83. The quantitative estimate of drug-likeness (QED) is 0.666. The van der Waals surface area contributed by atoms with Crippen molar-refractivity contribution < 1.29 is 0 Å². The third kappa shape index (κ3) is 7.37. The van der Waals surface area contributed by atoms with E-state index in [1.807, 2.05) is 19.9 Å². The third-order valence-electron chi connectivity index (χ3n) is 2.71. The molecule has 1 rings (SSSR count). The minimum absolute atomic E-state index is 0.589. The van der Waals surface area contributed by atoms with Crippen molar-refractivity contribution in [1.29, 1.82) is 5.26 Å². The summed E-state index contributed by atoms with van der Waals surface area (Å²) in [5, 5.41) is 14.9. The first-order valence-electron chi connectivity index (χ1n) is 6.86. The Labute approximate surface area is 115 Å². The summed E-state index contributed by atoms with van der Waals surface area (Å²) in [6.07, 6.45) is 4.00. The van der Waals surface area contributed by atoms with Gasteiger partial charge >= 0.3 is 0 Å². The second kappa shape index (κ2) is 9.29. The van der Waals surface area contributed by atoms with Gasteiger partial charge in [0.05, 0.1) is 6.07 Å². The van der Waals surface area contributed by atoms with E-state index in [0.717, 1.165) is 56.2 Å². The Bertz CT molecular complexity index is 391. The molecule has 1 aromatic heterocycles. The lowest BCUT2D eigenvalue weighted by Crippen LogP contribution is -2.16. The van der Waals surface area contributed by atoms with Crippen LogP contribution in [0.5, 0.6) is 0 Å². The molecule has 0 aliphatic heterocycles. The normalized spacial score (nSPS) is 10.2. The van der Waals surface area contributed by atoms with Crippen LogP contribution in [0.3, 0.4) is 0 Å². The molecule has 2 N–H and O–H groups in total. The summed E-state index contributed by atoms with van der Waals surface area (Å²) in [6.45, 7) is 6.65. The van der Waals surface area contributed by atoms with Crippen molar-refractivity contribution in [3.63, 3.8) is 0 Å². The number of aromatic nitrogens is 2. The number of nitrogens with zero attached hydrogens (tertiary/aromatic N) is 3. The summed E-state index contributed by atoms with van der Waals surface area (Å²) in [7, 11) is 0. The molecule has 104 valence electrons.